The summed E-state index contributed by atoms with van der Waals surface area (Å²) in [7, 11) is 3.34. The molecule has 1 aromatic carbocycles. The number of rotatable bonds is 6. The van der Waals surface area contributed by atoms with Crippen LogP contribution in [0.2, 0.25) is 0 Å². The van der Waals surface area contributed by atoms with Crippen LogP contribution in [-0.2, 0) is 19.5 Å². The monoisotopic (exact) mass is 426 g/mol. The van der Waals surface area contributed by atoms with Crippen molar-refractivity contribution in [1.29, 1.82) is 0 Å². The van der Waals surface area contributed by atoms with E-state index in [0.29, 0.717) is 12.4 Å². The zero-order chi connectivity index (χ0) is 20.9. The lowest BCUT2D eigenvalue weighted by Crippen LogP contribution is -2.44. The zero-order valence-corrected chi connectivity index (χ0v) is 18.3. The molecular formula is C22H26N4O3S. The number of thiophene rings is 1. The first-order valence-electron chi connectivity index (χ1n) is 9.97. The Morgan fingerprint density at radius 3 is 2.77 bits per heavy atom. The molecule has 1 aliphatic rings. The molecule has 0 unspecified atom stereocenters. The molecule has 3 aromatic rings. The molecule has 0 bridgehead atoms. The molecule has 0 aliphatic carbocycles. The van der Waals surface area contributed by atoms with Crippen LogP contribution in [0.15, 0.2) is 45.3 Å². The van der Waals surface area contributed by atoms with Gasteiger partial charge in [0.05, 0.1) is 25.6 Å². The van der Waals surface area contributed by atoms with Crippen LogP contribution < -0.4 is 14.8 Å². The van der Waals surface area contributed by atoms with Gasteiger partial charge in [-0.1, -0.05) is 6.07 Å². The quantitative estimate of drug-likeness (QED) is 0.475. The van der Waals surface area contributed by atoms with Crippen molar-refractivity contribution in [2.75, 3.05) is 27.3 Å². The number of oxazole rings is 1. The van der Waals surface area contributed by atoms with Gasteiger partial charge >= 0.3 is 0 Å². The number of methoxy groups -OCH3 is 2. The number of fused-ring (bicyclic) bond motifs is 1. The van der Waals surface area contributed by atoms with E-state index in [1.165, 1.54) is 11.1 Å². The first-order chi connectivity index (χ1) is 14.7. The third-order valence-electron chi connectivity index (χ3n) is 5.03. The first-order valence-corrected chi connectivity index (χ1v) is 10.8. The van der Waals surface area contributed by atoms with Crippen molar-refractivity contribution in [3.63, 3.8) is 0 Å². The second-order valence-electron chi connectivity index (χ2n) is 6.94. The topological polar surface area (TPSA) is 72.1 Å². The predicted octanol–water partition coefficient (Wildman–Crippen LogP) is 3.94. The Bertz CT molecular complexity index is 1010. The molecule has 0 saturated heterocycles. The molecular weight excluding hydrogens is 400 g/mol. The minimum Gasteiger partial charge on any atom is -0.493 e. The van der Waals surface area contributed by atoms with Crippen LogP contribution in [0.3, 0.4) is 0 Å². The van der Waals surface area contributed by atoms with Crippen LogP contribution in [0, 0.1) is 0 Å². The van der Waals surface area contributed by atoms with Gasteiger partial charge in [0.25, 0.3) is 0 Å². The standard InChI is InChI=1S/C22H26N4O3S/c1-4-23-22(24-12-17-14-29-21(25-17)20-6-5-9-30-20)26-8-7-15-10-18(27-2)19(28-3)11-16(15)13-26/h5-6,9-11,14H,4,7-8,12-13H2,1-3H3,(H,23,24). The van der Waals surface area contributed by atoms with Crippen LogP contribution in [0.5, 0.6) is 11.5 Å². The summed E-state index contributed by atoms with van der Waals surface area (Å²) in [5.74, 6) is 3.05. The fourth-order valence-electron chi connectivity index (χ4n) is 3.54. The zero-order valence-electron chi connectivity index (χ0n) is 17.5. The molecule has 0 amide bonds. The fraction of sp³-hybridized carbons (Fsp3) is 0.364. The normalized spacial score (nSPS) is 13.8. The van der Waals surface area contributed by atoms with Crippen molar-refractivity contribution < 1.29 is 13.9 Å². The maximum atomic E-state index is 5.61. The average molecular weight is 427 g/mol. The molecule has 4 rings (SSSR count). The van der Waals surface area contributed by atoms with Gasteiger partial charge in [0.15, 0.2) is 17.5 Å². The summed E-state index contributed by atoms with van der Waals surface area (Å²) in [6.07, 6.45) is 2.61. The van der Waals surface area contributed by atoms with E-state index < -0.39 is 0 Å². The van der Waals surface area contributed by atoms with Gasteiger partial charge in [-0.25, -0.2) is 9.98 Å². The van der Waals surface area contributed by atoms with Crippen molar-refractivity contribution in [2.45, 2.75) is 26.4 Å². The van der Waals surface area contributed by atoms with Crippen LogP contribution in [0.1, 0.15) is 23.7 Å². The van der Waals surface area contributed by atoms with E-state index in [1.54, 1.807) is 31.8 Å². The maximum Gasteiger partial charge on any atom is 0.236 e. The van der Waals surface area contributed by atoms with Crippen LogP contribution in [0.4, 0.5) is 0 Å². The summed E-state index contributed by atoms with van der Waals surface area (Å²) in [4.78, 5) is 12.7. The van der Waals surface area contributed by atoms with E-state index in [2.05, 4.69) is 34.3 Å². The minimum atomic E-state index is 0.465. The Hall–Kier alpha value is -3.00. The number of benzene rings is 1. The van der Waals surface area contributed by atoms with Gasteiger partial charge in [0.1, 0.15) is 12.0 Å². The number of nitrogens with one attached hydrogen (secondary N) is 1. The summed E-state index contributed by atoms with van der Waals surface area (Å²) < 4.78 is 16.5. The predicted molar refractivity (Wildman–Crippen MR) is 118 cm³/mol. The Morgan fingerprint density at radius 2 is 2.07 bits per heavy atom. The van der Waals surface area contributed by atoms with E-state index in [4.69, 9.17) is 18.9 Å². The molecule has 158 valence electrons. The van der Waals surface area contributed by atoms with Crippen LogP contribution >= 0.6 is 11.3 Å². The Labute approximate surface area is 180 Å². The lowest BCUT2D eigenvalue weighted by Gasteiger charge is -2.32. The van der Waals surface area contributed by atoms with E-state index in [9.17, 15) is 0 Å². The molecule has 7 nitrogen and oxygen atoms in total. The van der Waals surface area contributed by atoms with Gasteiger partial charge < -0.3 is 24.1 Å². The molecule has 1 aliphatic heterocycles. The third kappa shape index (κ3) is 4.28. The van der Waals surface area contributed by atoms with Crippen molar-refractivity contribution in [1.82, 2.24) is 15.2 Å². The number of nitrogens with zero attached hydrogens (tertiary/aromatic N) is 3. The summed E-state index contributed by atoms with van der Waals surface area (Å²) in [5, 5.41) is 5.42. The highest BCUT2D eigenvalue weighted by atomic mass is 32.1. The van der Waals surface area contributed by atoms with Crippen molar-refractivity contribution in [3.8, 4) is 22.3 Å². The van der Waals surface area contributed by atoms with Gasteiger partial charge in [-0.05, 0) is 48.1 Å². The van der Waals surface area contributed by atoms with Gasteiger partial charge in [-0.15, -0.1) is 11.3 Å². The molecule has 1 N–H and O–H groups in total. The summed E-state index contributed by atoms with van der Waals surface area (Å²) in [6.45, 7) is 4.99. The molecule has 3 heterocycles. The van der Waals surface area contributed by atoms with Crippen LogP contribution in [0.25, 0.3) is 10.8 Å². The minimum absolute atomic E-state index is 0.465. The highest BCUT2D eigenvalue weighted by Crippen LogP contribution is 2.33. The Kier molecular flexibility index (Phi) is 6.23. The summed E-state index contributed by atoms with van der Waals surface area (Å²) >= 11 is 1.61. The molecule has 0 spiro atoms. The lowest BCUT2D eigenvalue weighted by atomic mass is 9.99. The highest BCUT2D eigenvalue weighted by Gasteiger charge is 2.22. The van der Waals surface area contributed by atoms with E-state index in [0.717, 1.165) is 54.1 Å². The van der Waals surface area contributed by atoms with Crippen LogP contribution in [-0.4, -0.2) is 43.2 Å². The number of hydrogen-bond acceptors (Lipinski definition) is 6. The number of hydrogen-bond donors (Lipinski definition) is 1. The maximum absolute atomic E-state index is 5.61. The van der Waals surface area contributed by atoms with E-state index in [-0.39, 0.29) is 0 Å². The third-order valence-corrected chi connectivity index (χ3v) is 5.88. The molecule has 8 heteroatoms. The summed E-state index contributed by atoms with van der Waals surface area (Å²) in [6, 6.07) is 8.14. The first kappa shape index (κ1) is 20.3. The molecule has 2 aromatic heterocycles. The van der Waals surface area contributed by atoms with Gasteiger partial charge in [0.2, 0.25) is 5.89 Å². The van der Waals surface area contributed by atoms with E-state index in [1.807, 2.05) is 17.5 Å². The highest BCUT2D eigenvalue weighted by molar-refractivity contribution is 7.13. The lowest BCUT2D eigenvalue weighted by molar-refractivity contribution is 0.346. The Morgan fingerprint density at radius 1 is 1.27 bits per heavy atom. The fourth-order valence-corrected chi connectivity index (χ4v) is 4.19. The van der Waals surface area contributed by atoms with Crippen molar-refractivity contribution >= 4 is 17.3 Å². The van der Waals surface area contributed by atoms with Crippen molar-refractivity contribution in [3.05, 3.63) is 52.7 Å². The smallest absolute Gasteiger partial charge is 0.236 e. The number of aromatic nitrogens is 1. The summed E-state index contributed by atoms with van der Waals surface area (Å²) in [5.41, 5.74) is 3.33. The Balaban J connectivity index is 1.50. The molecule has 0 fully saturated rings. The average Bonchev–Trinajstić information content (AvgIpc) is 3.47. The van der Waals surface area contributed by atoms with E-state index >= 15 is 0 Å². The second kappa shape index (κ2) is 9.21. The molecule has 0 atom stereocenters. The number of ether oxygens (including phenoxy) is 2. The molecule has 0 radical (unpaired) electrons. The molecule has 30 heavy (non-hydrogen) atoms. The number of guanidine groups is 1. The number of aliphatic imine (C=N–C) groups is 1. The van der Waals surface area contributed by atoms with Gasteiger partial charge in [-0.3, -0.25) is 0 Å². The van der Waals surface area contributed by atoms with Crippen molar-refractivity contribution in [2.24, 2.45) is 4.99 Å². The van der Waals surface area contributed by atoms with Gasteiger partial charge in [0, 0.05) is 19.6 Å². The van der Waals surface area contributed by atoms with Gasteiger partial charge in [-0.2, -0.15) is 0 Å². The largest absolute Gasteiger partial charge is 0.493 e. The second-order valence-corrected chi connectivity index (χ2v) is 7.89. The SMILES string of the molecule is CCNC(=NCc1coc(-c2cccs2)n1)N1CCc2cc(OC)c(OC)cc2C1. The molecule has 0 saturated carbocycles.